The van der Waals surface area contributed by atoms with Crippen molar-refractivity contribution in [2.24, 2.45) is 47.2 Å². The second kappa shape index (κ2) is 30.8. The SMILES string of the molecule is CC[C@@H](CCCNC(N)=O)C(=O)Nc1ccc(COC(=O)N(C)[C@H](C(=O)C[C@H](C(=O)N(C)[C@@H]([C@@H](C)CC)[C@@H](CC(=O)N2CCC[C@H]2[C@H](OC)[C@@H](C)C(=O)C[C@H](C)[C@@H](O)c2ccccc2)OC)C(C)C)C(C)C)cc1. The minimum atomic E-state index is -0.890. The third-order valence-corrected chi connectivity index (χ3v) is 15.2. The number of hydrogen-bond acceptors (Lipinski definition) is 11. The highest BCUT2D eigenvalue weighted by Crippen LogP contribution is 2.33. The van der Waals surface area contributed by atoms with E-state index in [-0.39, 0.29) is 90.8 Å². The number of aliphatic hydroxyl groups is 1. The van der Waals surface area contributed by atoms with Crippen molar-refractivity contribution >= 4 is 47.1 Å². The Morgan fingerprint density at radius 1 is 0.797 bits per heavy atom. The molecular formula is C57H90N6O11. The predicted molar refractivity (Wildman–Crippen MR) is 287 cm³/mol. The average Bonchev–Trinajstić information content (AvgIpc) is 3.86. The van der Waals surface area contributed by atoms with Crippen LogP contribution in [0.15, 0.2) is 54.6 Å². The molecule has 0 unspecified atom stereocenters. The summed E-state index contributed by atoms with van der Waals surface area (Å²) in [6.07, 6.45) is 1.12. The van der Waals surface area contributed by atoms with Gasteiger partial charge in [-0.1, -0.05) is 111 Å². The molecule has 0 radical (unpaired) electrons. The zero-order valence-corrected chi connectivity index (χ0v) is 46.6. The minimum Gasteiger partial charge on any atom is -0.445 e. The molecule has 2 aromatic rings. The van der Waals surface area contributed by atoms with Crippen LogP contribution in [0.5, 0.6) is 0 Å². The second-order valence-electron chi connectivity index (χ2n) is 21.2. The molecule has 17 heteroatoms. The van der Waals surface area contributed by atoms with Gasteiger partial charge in [0, 0.05) is 77.7 Å². The van der Waals surface area contributed by atoms with Gasteiger partial charge in [0.15, 0.2) is 5.78 Å². The van der Waals surface area contributed by atoms with Gasteiger partial charge in [-0.3, -0.25) is 24.0 Å². The Bertz CT molecular complexity index is 2100. The number of likely N-dealkylation sites (N-methyl/N-ethyl adjacent to an activating group) is 2. The first kappa shape index (κ1) is 62.9. The first-order valence-electron chi connectivity index (χ1n) is 26.8. The van der Waals surface area contributed by atoms with E-state index in [0.717, 1.165) is 12.0 Å². The topological polar surface area (TPSA) is 227 Å². The number of ether oxygens (including phenoxy) is 3. The number of likely N-dealkylation sites (tertiary alicyclic amines) is 1. The second-order valence-corrected chi connectivity index (χ2v) is 21.2. The Hall–Kier alpha value is -5.39. The quantitative estimate of drug-likeness (QED) is 0.0527. The maximum atomic E-state index is 14.7. The molecule has 1 aliphatic heterocycles. The average molecular weight is 1040 g/mol. The number of methoxy groups -OCH3 is 2. The maximum absolute atomic E-state index is 14.7. The Balaban J connectivity index is 1.69. The number of aliphatic hydroxyl groups excluding tert-OH is 1. The number of benzene rings is 2. The van der Waals surface area contributed by atoms with Crippen molar-refractivity contribution in [3.8, 4) is 0 Å². The largest absolute Gasteiger partial charge is 0.445 e. The van der Waals surface area contributed by atoms with Crippen LogP contribution in [0.4, 0.5) is 15.3 Å². The number of nitrogens with one attached hydrogen (secondary N) is 2. The summed E-state index contributed by atoms with van der Waals surface area (Å²) in [5, 5.41) is 16.4. The van der Waals surface area contributed by atoms with Gasteiger partial charge in [0.1, 0.15) is 12.4 Å². The molecule has 0 spiro atoms. The molecule has 74 heavy (non-hydrogen) atoms. The van der Waals surface area contributed by atoms with Crippen molar-refractivity contribution in [1.29, 1.82) is 0 Å². The fourth-order valence-electron chi connectivity index (χ4n) is 10.5. The third kappa shape index (κ3) is 17.9. The summed E-state index contributed by atoms with van der Waals surface area (Å²) in [5.41, 5.74) is 7.13. The lowest BCUT2D eigenvalue weighted by Gasteiger charge is -2.41. The van der Waals surface area contributed by atoms with Crippen molar-refractivity contribution in [2.45, 2.75) is 163 Å². The Kier molecular flexibility index (Phi) is 26.2. The van der Waals surface area contributed by atoms with E-state index in [1.807, 2.05) is 92.6 Å². The Labute approximate surface area is 441 Å². The molecule has 0 aliphatic carbocycles. The lowest BCUT2D eigenvalue weighted by Crippen LogP contribution is -2.54. The summed E-state index contributed by atoms with van der Waals surface area (Å²) in [4.78, 5) is 99.4. The van der Waals surface area contributed by atoms with E-state index in [4.69, 9.17) is 19.9 Å². The summed E-state index contributed by atoms with van der Waals surface area (Å²) >= 11 is 0. The van der Waals surface area contributed by atoms with Gasteiger partial charge < -0.3 is 50.4 Å². The van der Waals surface area contributed by atoms with Crippen LogP contribution in [0.1, 0.15) is 137 Å². The van der Waals surface area contributed by atoms with Gasteiger partial charge in [-0.25, -0.2) is 9.59 Å². The summed E-state index contributed by atoms with van der Waals surface area (Å²) in [6, 6.07) is 13.8. The van der Waals surface area contributed by atoms with Crippen molar-refractivity contribution in [1.82, 2.24) is 20.0 Å². The van der Waals surface area contributed by atoms with Crippen LogP contribution in [-0.4, -0.2) is 133 Å². The molecule has 1 saturated heterocycles. The highest BCUT2D eigenvalue weighted by atomic mass is 16.6. The van der Waals surface area contributed by atoms with E-state index < -0.39 is 54.4 Å². The summed E-state index contributed by atoms with van der Waals surface area (Å²) in [7, 11) is 6.33. The number of carbonyl (C=O) groups is 7. The van der Waals surface area contributed by atoms with Gasteiger partial charge in [-0.15, -0.1) is 0 Å². The molecule has 2 aromatic carbocycles. The van der Waals surface area contributed by atoms with Crippen LogP contribution in [-0.2, 0) is 44.8 Å². The molecule has 0 saturated carbocycles. The van der Waals surface area contributed by atoms with Crippen molar-refractivity contribution in [3.63, 3.8) is 0 Å². The first-order valence-corrected chi connectivity index (χ1v) is 26.8. The fraction of sp³-hybridized carbons (Fsp3) is 0.667. The van der Waals surface area contributed by atoms with E-state index in [1.54, 1.807) is 55.3 Å². The van der Waals surface area contributed by atoms with Crippen LogP contribution >= 0.6 is 0 Å². The minimum absolute atomic E-state index is 0.0214. The number of urea groups is 1. The number of amides is 6. The molecule has 1 fully saturated rings. The highest BCUT2D eigenvalue weighted by molar-refractivity contribution is 5.93. The zero-order valence-electron chi connectivity index (χ0n) is 46.6. The van der Waals surface area contributed by atoms with E-state index in [9.17, 15) is 38.7 Å². The van der Waals surface area contributed by atoms with Crippen LogP contribution in [0.2, 0.25) is 0 Å². The predicted octanol–water partition coefficient (Wildman–Crippen LogP) is 8.17. The van der Waals surface area contributed by atoms with Gasteiger partial charge in [-0.05, 0) is 79.0 Å². The molecule has 0 bridgehead atoms. The van der Waals surface area contributed by atoms with E-state index in [0.29, 0.717) is 56.4 Å². The summed E-state index contributed by atoms with van der Waals surface area (Å²) < 4.78 is 17.8. The van der Waals surface area contributed by atoms with E-state index in [1.165, 1.54) is 11.9 Å². The van der Waals surface area contributed by atoms with E-state index in [2.05, 4.69) is 10.6 Å². The molecule has 11 atom stereocenters. The molecule has 17 nitrogen and oxygen atoms in total. The molecular weight excluding hydrogens is 945 g/mol. The normalized spacial score (nSPS) is 17.7. The number of nitrogens with zero attached hydrogens (tertiary/aromatic N) is 3. The van der Waals surface area contributed by atoms with Gasteiger partial charge >= 0.3 is 12.1 Å². The third-order valence-electron chi connectivity index (χ3n) is 15.2. The van der Waals surface area contributed by atoms with Crippen molar-refractivity contribution in [2.75, 3.05) is 46.7 Å². The summed E-state index contributed by atoms with van der Waals surface area (Å²) in [5.74, 6) is -3.43. The lowest BCUT2D eigenvalue weighted by atomic mass is 9.83. The lowest BCUT2D eigenvalue weighted by molar-refractivity contribution is -0.149. The molecule has 3 rings (SSSR count). The molecule has 6 amide bonds. The Morgan fingerprint density at radius 3 is 2.00 bits per heavy atom. The molecule has 1 aliphatic rings. The van der Waals surface area contributed by atoms with Crippen LogP contribution in [0, 0.1) is 41.4 Å². The van der Waals surface area contributed by atoms with Crippen molar-refractivity contribution in [3.05, 3.63) is 65.7 Å². The molecule has 0 aromatic heterocycles. The summed E-state index contributed by atoms with van der Waals surface area (Å²) in [6.45, 7) is 17.9. The number of nitrogens with two attached hydrogens (primary N) is 1. The van der Waals surface area contributed by atoms with Crippen LogP contribution in [0.3, 0.4) is 0 Å². The van der Waals surface area contributed by atoms with Gasteiger partial charge in [-0.2, -0.15) is 0 Å². The number of Topliss-reactive ketones (excluding diaryl/α,β-unsaturated/α-hetero) is 2. The van der Waals surface area contributed by atoms with Crippen molar-refractivity contribution < 1.29 is 52.9 Å². The number of primary amides is 1. The number of carbonyl (C=O) groups excluding carboxylic acids is 7. The Morgan fingerprint density at radius 2 is 1.45 bits per heavy atom. The number of ketones is 2. The standard InChI is InChI=1S/C57H90N6O11/c1-14-37(7)51(48(72-12)33-49(66)63-30-20-24-45(63)53(73-13)39(9)46(64)31-38(8)52(67)42-21-17-16-18-22-42)61(10)55(69)44(35(3)4)32-47(65)50(36(5)6)62(11)57(71)74-34-40-25-27-43(28-26-40)60-54(68)41(15-2)23-19-29-59-56(58)70/h16-18,21-22,25-28,35-39,41,44-45,48,50-53,67H,14-15,19-20,23-24,29-34H2,1-13H3,(H,60,68)(H3,58,59,70)/t37-,38-,39-,41-,44-,45-,48+,50-,51-,52+,53+/m0/s1. The number of anilines is 1. The maximum Gasteiger partial charge on any atom is 0.410 e. The van der Waals surface area contributed by atoms with Gasteiger partial charge in [0.25, 0.3) is 0 Å². The van der Waals surface area contributed by atoms with Gasteiger partial charge in [0.2, 0.25) is 17.7 Å². The van der Waals surface area contributed by atoms with Crippen LogP contribution < -0.4 is 16.4 Å². The highest BCUT2D eigenvalue weighted by Gasteiger charge is 2.44. The first-order chi connectivity index (χ1) is 35.0. The number of hydrogen-bond donors (Lipinski definition) is 4. The number of rotatable bonds is 31. The fourth-order valence-corrected chi connectivity index (χ4v) is 10.5. The molecule has 414 valence electrons. The zero-order chi connectivity index (χ0) is 55.4. The molecule has 5 N–H and O–H groups in total. The smallest absolute Gasteiger partial charge is 0.410 e. The monoisotopic (exact) mass is 1030 g/mol. The van der Waals surface area contributed by atoms with Crippen LogP contribution in [0.25, 0.3) is 0 Å². The van der Waals surface area contributed by atoms with Gasteiger partial charge in [0.05, 0.1) is 42.9 Å². The van der Waals surface area contributed by atoms with E-state index >= 15 is 0 Å². The molecule has 1 heterocycles.